The molecule has 3 aliphatic rings. The summed E-state index contributed by atoms with van der Waals surface area (Å²) in [5, 5.41) is 9.15. The van der Waals surface area contributed by atoms with Gasteiger partial charge in [-0.2, -0.15) is 0 Å². The Kier molecular flexibility index (Phi) is 6.50. The third kappa shape index (κ3) is 4.84. The van der Waals surface area contributed by atoms with Gasteiger partial charge in [-0.3, -0.25) is 4.79 Å². The maximum atomic E-state index is 15.3. The summed E-state index contributed by atoms with van der Waals surface area (Å²) >= 11 is 0. The zero-order valence-corrected chi connectivity index (χ0v) is 22.5. The van der Waals surface area contributed by atoms with Gasteiger partial charge < -0.3 is 24.1 Å². The summed E-state index contributed by atoms with van der Waals surface area (Å²) < 4.78 is 38.8. The van der Waals surface area contributed by atoms with Gasteiger partial charge in [-0.1, -0.05) is 19.1 Å². The molecule has 7 heteroatoms. The number of hydrogen-bond acceptors (Lipinski definition) is 5. The lowest BCUT2D eigenvalue weighted by atomic mass is 9.89. The first-order valence-corrected chi connectivity index (χ1v) is 13.5. The topological polar surface area (TPSA) is 74.2 Å². The monoisotopic (exact) mass is 532 g/mol. The van der Waals surface area contributed by atoms with Crippen LogP contribution in [0.25, 0.3) is 11.1 Å². The third-order valence-corrected chi connectivity index (χ3v) is 8.11. The van der Waals surface area contributed by atoms with Crippen molar-refractivity contribution in [3.8, 4) is 28.4 Å². The quantitative estimate of drug-likeness (QED) is 0.355. The third-order valence-electron chi connectivity index (χ3n) is 8.11. The minimum absolute atomic E-state index is 0.0253. The SMILES string of the molecule is Cc1cc(OCC2(C)COC2)cc(C)c1-c1ccc(F)c2c1CC[C@H]2Oc1ccc2c(c1)OC[C@H]2CC(=O)O. The zero-order chi connectivity index (χ0) is 27.3. The van der Waals surface area contributed by atoms with Gasteiger partial charge in [0.05, 0.1) is 32.8 Å². The van der Waals surface area contributed by atoms with Gasteiger partial charge in [0.2, 0.25) is 0 Å². The summed E-state index contributed by atoms with van der Waals surface area (Å²) in [6, 6.07) is 13.0. The fourth-order valence-electron chi connectivity index (χ4n) is 6.12. The van der Waals surface area contributed by atoms with Crippen molar-refractivity contribution in [2.45, 2.75) is 52.1 Å². The van der Waals surface area contributed by atoms with Crippen molar-refractivity contribution in [1.29, 1.82) is 0 Å². The molecule has 6 rings (SSSR count). The smallest absolute Gasteiger partial charge is 0.304 e. The van der Waals surface area contributed by atoms with E-state index in [-0.39, 0.29) is 23.6 Å². The van der Waals surface area contributed by atoms with Crippen molar-refractivity contribution in [3.05, 3.63) is 76.1 Å². The van der Waals surface area contributed by atoms with Crippen LogP contribution in [-0.2, 0) is 16.0 Å². The lowest BCUT2D eigenvalue weighted by Crippen LogP contribution is -2.44. The largest absolute Gasteiger partial charge is 0.493 e. The maximum Gasteiger partial charge on any atom is 0.304 e. The summed E-state index contributed by atoms with van der Waals surface area (Å²) in [6.45, 7) is 8.70. The van der Waals surface area contributed by atoms with E-state index >= 15 is 4.39 Å². The van der Waals surface area contributed by atoms with Crippen molar-refractivity contribution in [2.75, 3.05) is 26.4 Å². The van der Waals surface area contributed by atoms with Gasteiger partial charge in [-0.05, 0) is 78.8 Å². The molecule has 6 nitrogen and oxygen atoms in total. The summed E-state index contributed by atoms with van der Waals surface area (Å²) in [5.41, 5.74) is 6.85. The Labute approximate surface area is 227 Å². The second-order valence-corrected chi connectivity index (χ2v) is 11.5. The van der Waals surface area contributed by atoms with Crippen LogP contribution in [0.1, 0.15) is 59.6 Å². The van der Waals surface area contributed by atoms with E-state index in [1.165, 1.54) is 0 Å². The first kappa shape index (κ1) is 25.7. The molecule has 1 fully saturated rings. The molecule has 2 aliphatic heterocycles. The van der Waals surface area contributed by atoms with Crippen molar-refractivity contribution in [3.63, 3.8) is 0 Å². The van der Waals surface area contributed by atoms with E-state index in [1.54, 1.807) is 12.1 Å². The Morgan fingerprint density at radius 3 is 2.56 bits per heavy atom. The molecule has 3 aromatic rings. The number of carbonyl (C=O) groups is 1. The molecule has 2 atom stereocenters. The molecule has 0 radical (unpaired) electrons. The van der Waals surface area contributed by atoms with E-state index in [4.69, 9.17) is 24.1 Å². The molecule has 0 unspecified atom stereocenters. The average Bonchev–Trinajstić information content (AvgIpc) is 3.47. The molecule has 3 aromatic carbocycles. The average molecular weight is 533 g/mol. The zero-order valence-electron chi connectivity index (χ0n) is 22.5. The first-order valence-electron chi connectivity index (χ1n) is 13.5. The first-order chi connectivity index (χ1) is 18.7. The molecule has 0 amide bonds. The molecule has 1 N–H and O–H groups in total. The van der Waals surface area contributed by atoms with Crippen LogP contribution in [0.3, 0.4) is 0 Å². The molecular formula is C32H33FO6. The van der Waals surface area contributed by atoms with Crippen LogP contribution in [-0.4, -0.2) is 37.5 Å². The summed E-state index contributed by atoms with van der Waals surface area (Å²) in [7, 11) is 0. The Hall–Kier alpha value is -3.58. The number of carboxylic acid groups (broad SMARTS) is 1. The number of aliphatic carboxylic acids is 1. The standard InChI is InChI=1S/C32H33FO6/c1-18-10-22(38-17-32(3)15-36-16-32)11-19(2)30(18)24-6-8-26(33)31-25(24)7-9-27(31)39-21-4-5-23-20(12-29(34)35)14-37-28(23)13-21/h4-6,8,10-11,13,20,27H,7,9,12,14-17H2,1-3H3,(H,34,35)/t20-,27-/m1/s1. The van der Waals surface area contributed by atoms with Crippen LogP contribution in [0.4, 0.5) is 4.39 Å². The van der Waals surface area contributed by atoms with E-state index < -0.39 is 12.1 Å². The van der Waals surface area contributed by atoms with E-state index in [1.807, 2.05) is 18.2 Å². The number of fused-ring (bicyclic) bond motifs is 2. The van der Waals surface area contributed by atoms with Crippen molar-refractivity contribution < 1.29 is 33.2 Å². The predicted molar refractivity (Wildman–Crippen MR) is 144 cm³/mol. The number of hydrogen-bond donors (Lipinski definition) is 1. The molecular weight excluding hydrogens is 499 g/mol. The van der Waals surface area contributed by atoms with E-state index in [0.29, 0.717) is 43.1 Å². The van der Waals surface area contributed by atoms with Crippen LogP contribution < -0.4 is 14.2 Å². The lowest BCUT2D eigenvalue weighted by Gasteiger charge is -2.37. The number of halogens is 1. The fraction of sp³-hybridized carbons (Fsp3) is 0.406. The van der Waals surface area contributed by atoms with Crippen molar-refractivity contribution in [2.24, 2.45) is 5.41 Å². The summed E-state index contributed by atoms with van der Waals surface area (Å²) in [6.07, 6.45) is 0.994. The van der Waals surface area contributed by atoms with Crippen LogP contribution in [0.5, 0.6) is 17.2 Å². The number of rotatable bonds is 8. The highest BCUT2D eigenvalue weighted by Gasteiger charge is 2.35. The van der Waals surface area contributed by atoms with Gasteiger partial charge in [-0.25, -0.2) is 4.39 Å². The normalized spacial score (nSPS) is 20.5. The van der Waals surface area contributed by atoms with Gasteiger partial charge in [0.15, 0.2) is 0 Å². The van der Waals surface area contributed by atoms with Crippen molar-refractivity contribution >= 4 is 5.97 Å². The molecule has 0 bridgehead atoms. The number of ether oxygens (including phenoxy) is 4. The second kappa shape index (κ2) is 9.87. The van der Waals surface area contributed by atoms with E-state index in [2.05, 4.69) is 32.9 Å². The Morgan fingerprint density at radius 1 is 1.10 bits per heavy atom. The Morgan fingerprint density at radius 2 is 1.87 bits per heavy atom. The maximum absolute atomic E-state index is 15.3. The van der Waals surface area contributed by atoms with Gasteiger partial charge >= 0.3 is 5.97 Å². The number of benzene rings is 3. The minimum atomic E-state index is -0.851. The highest BCUT2D eigenvalue weighted by molar-refractivity contribution is 5.76. The Bertz CT molecular complexity index is 1420. The van der Waals surface area contributed by atoms with Crippen LogP contribution in [0.2, 0.25) is 0 Å². The van der Waals surface area contributed by atoms with E-state index in [9.17, 15) is 4.79 Å². The number of carboxylic acids is 1. The summed E-state index contributed by atoms with van der Waals surface area (Å²) in [4.78, 5) is 11.2. The molecule has 2 heterocycles. The van der Waals surface area contributed by atoms with Crippen molar-refractivity contribution in [1.82, 2.24) is 0 Å². The molecule has 39 heavy (non-hydrogen) atoms. The molecule has 204 valence electrons. The van der Waals surface area contributed by atoms with Gasteiger partial charge in [-0.15, -0.1) is 0 Å². The minimum Gasteiger partial charge on any atom is -0.493 e. The molecule has 0 spiro atoms. The fourth-order valence-corrected chi connectivity index (χ4v) is 6.12. The molecule has 1 saturated heterocycles. The molecule has 0 aromatic heterocycles. The lowest BCUT2D eigenvalue weighted by molar-refractivity contribution is -0.137. The number of aryl methyl sites for hydroxylation is 2. The molecule has 1 aliphatic carbocycles. The summed E-state index contributed by atoms with van der Waals surface area (Å²) in [5.74, 6) is 0.784. The molecule has 0 saturated carbocycles. The van der Waals surface area contributed by atoms with Crippen LogP contribution in [0.15, 0.2) is 42.5 Å². The van der Waals surface area contributed by atoms with Gasteiger partial charge in [0.25, 0.3) is 0 Å². The Balaban J connectivity index is 1.25. The highest BCUT2D eigenvalue weighted by Crippen LogP contribution is 2.45. The van der Waals surface area contributed by atoms with Gasteiger partial charge in [0.1, 0.15) is 29.2 Å². The van der Waals surface area contributed by atoms with Crippen LogP contribution in [0, 0.1) is 25.1 Å². The van der Waals surface area contributed by atoms with Gasteiger partial charge in [0, 0.05) is 28.5 Å². The highest BCUT2D eigenvalue weighted by atomic mass is 19.1. The van der Waals surface area contributed by atoms with Crippen LogP contribution >= 0.6 is 0 Å². The van der Waals surface area contributed by atoms with E-state index in [0.717, 1.165) is 52.3 Å². The second-order valence-electron chi connectivity index (χ2n) is 11.5. The predicted octanol–water partition coefficient (Wildman–Crippen LogP) is 6.54.